The van der Waals surface area contributed by atoms with Crippen molar-refractivity contribution >= 4 is 35.0 Å². The zero-order valence-corrected chi connectivity index (χ0v) is 12.8. The average molecular weight is 331 g/mol. The smallest absolute Gasteiger partial charge is 0.136 e. The van der Waals surface area contributed by atoms with Gasteiger partial charge in [-0.2, -0.15) is 0 Å². The number of rotatable bonds is 5. The van der Waals surface area contributed by atoms with Crippen LogP contribution >= 0.6 is 35.0 Å². The highest BCUT2D eigenvalue weighted by Crippen LogP contribution is 2.33. The lowest BCUT2D eigenvalue weighted by molar-refractivity contribution is 0.597. The first-order valence-corrected chi connectivity index (χ1v) is 7.65. The quantitative estimate of drug-likeness (QED) is 0.484. The summed E-state index contributed by atoms with van der Waals surface area (Å²) in [7, 11) is 0. The van der Waals surface area contributed by atoms with Gasteiger partial charge in [0.25, 0.3) is 0 Å². The summed E-state index contributed by atoms with van der Waals surface area (Å²) in [4.78, 5) is 0.575. The predicted molar refractivity (Wildman–Crippen MR) is 83.7 cm³/mol. The molecule has 3 N–H and O–H groups in total. The lowest BCUT2D eigenvalue weighted by Crippen LogP contribution is -2.30. The lowest BCUT2D eigenvalue weighted by atomic mass is 10.1. The van der Waals surface area contributed by atoms with Crippen LogP contribution in [0.4, 0.5) is 4.39 Å². The lowest BCUT2D eigenvalue weighted by Gasteiger charge is -2.18. The third kappa shape index (κ3) is 3.65. The highest BCUT2D eigenvalue weighted by Gasteiger charge is 2.16. The minimum Gasteiger partial charge on any atom is -0.271 e. The van der Waals surface area contributed by atoms with Crippen LogP contribution in [0, 0.1) is 5.82 Å². The monoisotopic (exact) mass is 330 g/mol. The number of nitrogens with one attached hydrogen (secondary N) is 1. The van der Waals surface area contributed by atoms with Crippen LogP contribution in [0.1, 0.15) is 11.6 Å². The van der Waals surface area contributed by atoms with E-state index < -0.39 is 0 Å². The molecular formula is C14H13Cl2FN2S. The molecule has 0 heterocycles. The van der Waals surface area contributed by atoms with Gasteiger partial charge in [0.15, 0.2) is 0 Å². The first-order chi connectivity index (χ1) is 9.63. The first kappa shape index (κ1) is 15.6. The molecule has 0 fully saturated rings. The summed E-state index contributed by atoms with van der Waals surface area (Å²) in [6, 6.07) is 11.8. The summed E-state index contributed by atoms with van der Waals surface area (Å²) in [5.41, 5.74) is 3.49. The van der Waals surface area contributed by atoms with Gasteiger partial charge < -0.3 is 0 Å². The summed E-state index contributed by atoms with van der Waals surface area (Å²) >= 11 is 13.5. The van der Waals surface area contributed by atoms with Gasteiger partial charge in [0.1, 0.15) is 5.82 Å². The van der Waals surface area contributed by atoms with E-state index in [1.165, 1.54) is 17.8 Å². The van der Waals surface area contributed by atoms with E-state index in [2.05, 4.69) is 5.43 Å². The molecule has 0 aliphatic rings. The standard InChI is InChI=1S/C14H13Cl2FN2S/c15-10-5-3-4-9(14(10)16)12(19-18)8-20-13-7-2-1-6-11(13)17/h1-7,12,19H,8,18H2. The Hall–Kier alpha value is -0.780. The molecule has 0 aromatic heterocycles. The van der Waals surface area contributed by atoms with Crippen LogP contribution in [0.2, 0.25) is 10.0 Å². The Kier molecular flexibility index (Phi) is 5.69. The minimum atomic E-state index is -0.245. The molecule has 0 radical (unpaired) electrons. The molecule has 106 valence electrons. The van der Waals surface area contributed by atoms with Crippen molar-refractivity contribution in [3.63, 3.8) is 0 Å². The van der Waals surface area contributed by atoms with Crippen molar-refractivity contribution in [2.75, 3.05) is 5.75 Å². The molecule has 0 aliphatic carbocycles. The number of halogens is 3. The van der Waals surface area contributed by atoms with E-state index in [9.17, 15) is 4.39 Å². The molecule has 0 spiro atoms. The maximum Gasteiger partial charge on any atom is 0.136 e. The van der Waals surface area contributed by atoms with Crippen LogP contribution in [0.25, 0.3) is 0 Å². The average Bonchev–Trinajstić information content (AvgIpc) is 2.45. The third-order valence-electron chi connectivity index (χ3n) is 2.80. The van der Waals surface area contributed by atoms with Crippen molar-refractivity contribution < 1.29 is 4.39 Å². The van der Waals surface area contributed by atoms with Crippen LogP contribution in [0.3, 0.4) is 0 Å². The molecule has 0 amide bonds. The molecule has 1 atom stereocenters. The molecule has 2 rings (SSSR count). The van der Waals surface area contributed by atoms with Crippen LogP contribution < -0.4 is 11.3 Å². The number of nitrogens with two attached hydrogens (primary N) is 1. The Morgan fingerprint density at radius 2 is 1.90 bits per heavy atom. The fourth-order valence-corrected chi connectivity index (χ4v) is 3.19. The second-order valence-electron chi connectivity index (χ2n) is 4.10. The molecule has 6 heteroatoms. The zero-order valence-electron chi connectivity index (χ0n) is 10.4. The second kappa shape index (κ2) is 7.29. The topological polar surface area (TPSA) is 38.0 Å². The number of benzene rings is 2. The van der Waals surface area contributed by atoms with E-state index >= 15 is 0 Å². The summed E-state index contributed by atoms with van der Waals surface area (Å²) < 4.78 is 13.6. The summed E-state index contributed by atoms with van der Waals surface area (Å²) in [6.45, 7) is 0. The van der Waals surface area contributed by atoms with E-state index in [0.29, 0.717) is 20.7 Å². The van der Waals surface area contributed by atoms with Crippen LogP contribution in [-0.2, 0) is 0 Å². The molecule has 1 unspecified atom stereocenters. The van der Waals surface area contributed by atoms with Crippen molar-refractivity contribution in [1.29, 1.82) is 0 Å². The van der Waals surface area contributed by atoms with Crippen molar-refractivity contribution in [3.05, 3.63) is 63.9 Å². The fourth-order valence-electron chi connectivity index (χ4n) is 1.75. The fraction of sp³-hybridized carbons (Fsp3) is 0.143. The highest BCUT2D eigenvalue weighted by atomic mass is 35.5. The van der Waals surface area contributed by atoms with Gasteiger partial charge in [-0.05, 0) is 23.8 Å². The van der Waals surface area contributed by atoms with Gasteiger partial charge in [-0.25, -0.2) is 4.39 Å². The molecule has 2 aromatic rings. The number of hydrazine groups is 1. The third-order valence-corrected chi connectivity index (χ3v) is 4.78. The Labute approximate surface area is 131 Å². The molecule has 20 heavy (non-hydrogen) atoms. The Morgan fingerprint density at radius 1 is 1.15 bits per heavy atom. The Morgan fingerprint density at radius 3 is 2.60 bits per heavy atom. The van der Waals surface area contributed by atoms with E-state index in [4.69, 9.17) is 29.0 Å². The highest BCUT2D eigenvalue weighted by molar-refractivity contribution is 7.99. The van der Waals surface area contributed by atoms with E-state index in [-0.39, 0.29) is 11.9 Å². The van der Waals surface area contributed by atoms with Crippen molar-refractivity contribution in [2.24, 2.45) is 5.84 Å². The van der Waals surface area contributed by atoms with Gasteiger partial charge in [0.05, 0.1) is 16.1 Å². The van der Waals surface area contributed by atoms with E-state index in [0.717, 1.165) is 5.56 Å². The molecule has 0 saturated heterocycles. The molecule has 0 bridgehead atoms. The van der Waals surface area contributed by atoms with Gasteiger partial charge in [-0.3, -0.25) is 11.3 Å². The second-order valence-corrected chi connectivity index (χ2v) is 5.95. The number of hydrogen-bond donors (Lipinski definition) is 2. The molecule has 2 aromatic carbocycles. The largest absolute Gasteiger partial charge is 0.271 e. The van der Waals surface area contributed by atoms with Crippen LogP contribution in [-0.4, -0.2) is 5.75 Å². The number of hydrogen-bond acceptors (Lipinski definition) is 3. The molecule has 0 saturated carbocycles. The van der Waals surface area contributed by atoms with Gasteiger partial charge in [0.2, 0.25) is 0 Å². The molecule has 0 aliphatic heterocycles. The van der Waals surface area contributed by atoms with Gasteiger partial charge >= 0.3 is 0 Å². The SMILES string of the molecule is NNC(CSc1ccccc1F)c1cccc(Cl)c1Cl. The van der Waals surface area contributed by atoms with E-state index in [1.54, 1.807) is 24.3 Å². The Bertz CT molecular complexity index is 595. The maximum atomic E-state index is 13.6. The maximum absolute atomic E-state index is 13.6. The predicted octanol–water partition coefficient (Wildman–Crippen LogP) is 4.43. The summed E-state index contributed by atoms with van der Waals surface area (Å²) in [5.74, 6) is 5.86. The van der Waals surface area contributed by atoms with Crippen molar-refractivity contribution in [3.8, 4) is 0 Å². The number of thioether (sulfide) groups is 1. The summed E-state index contributed by atoms with van der Waals surface area (Å²) in [6.07, 6.45) is 0. The summed E-state index contributed by atoms with van der Waals surface area (Å²) in [5, 5.41) is 0.937. The first-order valence-electron chi connectivity index (χ1n) is 5.91. The van der Waals surface area contributed by atoms with Crippen LogP contribution in [0.5, 0.6) is 0 Å². The molecule has 2 nitrogen and oxygen atoms in total. The Balaban J connectivity index is 2.14. The normalized spacial score (nSPS) is 12.4. The zero-order chi connectivity index (χ0) is 14.5. The van der Waals surface area contributed by atoms with Crippen molar-refractivity contribution in [1.82, 2.24) is 5.43 Å². The van der Waals surface area contributed by atoms with Gasteiger partial charge in [-0.15, -0.1) is 11.8 Å². The van der Waals surface area contributed by atoms with Gasteiger partial charge in [-0.1, -0.05) is 47.5 Å². The van der Waals surface area contributed by atoms with Gasteiger partial charge in [0, 0.05) is 10.6 Å². The van der Waals surface area contributed by atoms with Crippen LogP contribution in [0.15, 0.2) is 47.4 Å². The van der Waals surface area contributed by atoms with Crippen molar-refractivity contribution in [2.45, 2.75) is 10.9 Å². The molecular weight excluding hydrogens is 318 g/mol. The van der Waals surface area contributed by atoms with E-state index in [1.807, 2.05) is 12.1 Å². The minimum absolute atomic E-state index is 0.217.